The zero-order chi connectivity index (χ0) is 16.8. The molecule has 0 fully saturated rings. The van der Waals surface area contributed by atoms with Crippen LogP contribution in [0.1, 0.15) is 0 Å². The maximum atomic E-state index is 12.2. The van der Waals surface area contributed by atoms with E-state index in [-0.39, 0.29) is 6.03 Å². The summed E-state index contributed by atoms with van der Waals surface area (Å²) in [4.78, 5) is 13.8. The van der Waals surface area contributed by atoms with Crippen LogP contribution in [0.2, 0.25) is 0 Å². The highest BCUT2D eigenvalue weighted by Crippen LogP contribution is 2.32. The molecule has 1 N–H and O–H groups in total. The van der Waals surface area contributed by atoms with Gasteiger partial charge in [0.1, 0.15) is 25.6 Å². The SMILES string of the molecule is CN(CCOc1ccccc1)C(=O)Nc1ccc2c(c1)OCCO2. The Balaban J connectivity index is 1.49. The number of nitrogens with one attached hydrogen (secondary N) is 1. The average Bonchev–Trinajstić information content (AvgIpc) is 2.62. The van der Waals surface area contributed by atoms with Crippen LogP contribution in [-0.4, -0.2) is 44.3 Å². The van der Waals surface area contributed by atoms with Gasteiger partial charge in [-0.05, 0) is 24.3 Å². The average molecular weight is 328 g/mol. The number of para-hydroxylation sites is 1. The number of ether oxygens (including phenoxy) is 3. The van der Waals surface area contributed by atoms with Crippen molar-refractivity contribution in [3.8, 4) is 17.2 Å². The van der Waals surface area contributed by atoms with Crippen LogP contribution in [0.4, 0.5) is 10.5 Å². The molecule has 2 aromatic rings. The molecule has 24 heavy (non-hydrogen) atoms. The maximum absolute atomic E-state index is 12.2. The van der Waals surface area contributed by atoms with E-state index in [9.17, 15) is 4.79 Å². The highest BCUT2D eigenvalue weighted by atomic mass is 16.6. The maximum Gasteiger partial charge on any atom is 0.321 e. The van der Waals surface area contributed by atoms with Gasteiger partial charge in [0.2, 0.25) is 0 Å². The number of likely N-dealkylation sites (N-methyl/N-ethyl adjacent to an activating group) is 1. The Kier molecular flexibility index (Phi) is 5.05. The van der Waals surface area contributed by atoms with E-state index in [2.05, 4.69) is 5.32 Å². The van der Waals surface area contributed by atoms with Crippen LogP contribution >= 0.6 is 0 Å². The topological polar surface area (TPSA) is 60.0 Å². The van der Waals surface area contributed by atoms with E-state index in [0.29, 0.717) is 43.6 Å². The molecule has 1 aliphatic heterocycles. The molecule has 1 heterocycles. The Morgan fingerprint density at radius 1 is 1.12 bits per heavy atom. The van der Waals surface area contributed by atoms with Crippen LogP contribution in [0, 0.1) is 0 Å². The number of nitrogens with zero attached hydrogens (tertiary/aromatic N) is 1. The molecule has 3 rings (SSSR count). The summed E-state index contributed by atoms with van der Waals surface area (Å²) in [6.07, 6.45) is 0. The molecule has 0 bridgehead atoms. The van der Waals surface area contributed by atoms with Gasteiger partial charge in [-0.3, -0.25) is 0 Å². The molecular weight excluding hydrogens is 308 g/mol. The van der Waals surface area contributed by atoms with E-state index in [1.165, 1.54) is 0 Å². The zero-order valence-corrected chi connectivity index (χ0v) is 13.5. The first-order valence-electron chi connectivity index (χ1n) is 7.82. The minimum Gasteiger partial charge on any atom is -0.492 e. The van der Waals surface area contributed by atoms with Crippen molar-refractivity contribution in [2.75, 3.05) is 38.7 Å². The van der Waals surface area contributed by atoms with Crippen molar-refractivity contribution in [2.24, 2.45) is 0 Å². The lowest BCUT2D eigenvalue weighted by Crippen LogP contribution is -2.34. The summed E-state index contributed by atoms with van der Waals surface area (Å²) in [5.41, 5.74) is 0.667. The number of carbonyl (C=O) groups excluding carboxylic acids is 1. The summed E-state index contributed by atoms with van der Waals surface area (Å²) in [7, 11) is 1.72. The Labute approximate surface area is 140 Å². The lowest BCUT2D eigenvalue weighted by molar-refractivity contribution is 0.171. The summed E-state index contributed by atoms with van der Waals surface area (Å²) in [6, 6.07) is 14.7. The molecule has 0 saturated heterocycles. The van der Waals surface area contributed by atoms with E-state index in [4.69, 9.17) is 14.2 Å². The molecule has 0 saturated carbocycles. The molecule has 0 aromatic heterocycles. The normalized spacial score (nSPS) is 12.4. The van der Waals surface area contributed by atoms with Crippen LogP contribution < -0.4 is 19.5 Å². The first-order chi connectivity index (χ1) is 11.7. The fourth-order valence-electron chi connectivity index (χ4n) is 2.26. The predicted molar refractivity (Wildman–Crippen MR) is 91.0 cm³/mol. The van der Waals surface area contributed by atoms with Crippen molar-refractivity contribution in [1.82, 2.24) is 4.90 Å². The van der Waals surface area contributed by atoms with Crippen molar-refractivity contribution in [1.29, 1.82) is 0 Å². The van der Waals surface area contributed by atoms with Gasteiger partial charge in [0.05, 0.1) is 6.54 Å². The molecule has 126 valence electrons. The van der Waals surface area contributed by atoms with Crippen LogP contribution in [-0.2, 0) is 0 Å². The Hall–Kier alpha value is -2.89. The summed E-state index contributed by atoms with van der Waals surface area (Å²) in [5, 5.41) is 2.84. The molecule has 0 aliphatic carbocycles. The van der Waals surface area contributed by atoms with Gasteiger partial charge in [-0.25, -0.2) is 4.79 Å². The van der Waals surface area contributed by atoms with Gasteiger partial charge in [-0.1, -0.05) is 18.2 Å². The van der Waals surface area contributed by atoms with Gasteiger partial charge in [0.15, 0.2) is 11.5 Å². The predicted octanol–water partition coefficient (Wildman–Crippen LogP) is 3.00. The second-order valence-corrected chi connectivity index (χ2v) is 5.37. The quantitative estimate of drug-likeness (QED) is 0.916. The first kappa shape index (κ1) is 16.0. The fourth-order valence-corrected chi connectivity index (χ4v) is 2.26. The van der Waals surface area contributed by atoms with Crippen LogP contribution in [0.3, 0.4) is 0 Å². The second kappa shape index (κ2) is 7.59. The first-order valence-corrected chi connectivity index (χ1v) is 7.82. The number of benzene rings is 2. The van der Waals surface area contributed by atoms with Gasteiger partial charge in [0, 0.05) is 18.8 Å². The smallest absolute Gasteiger partial charge is 0.321 e. The molecule has 0 atom stereocenters. The number of hydrogen-bond acceptors (Lipinski definition) is 4. The van der Waals surface area contributed by atoms with Crippen LogP contribution in [0.5, 0.6) is 17.2 Å². The third-order valence-electron chi connectivity index (χ3n) is 3.58. The largest absolute Gasteiger partial charge is 0.492 e. The molecule has 0 spiro atoms. The summed E-state index contributed by atoms with van der Waals surface area (Å²) >= 11 is 0. The minimum atomic E-state index is -0.205. The molecule has 2 amide bonds. The molecule has 2 aromatic carbocycles. The fraction of sp³-hybridized carbons (Fsp3) is 0.278. The second-order valence-electron chi connectivity index (χ2n) is 5.37. The lowest BCUT2D eigenvalue weighted by Gasteiger charge is -2.21. The highest BCUT2D eigenvalue weighted by molar-refractivity contribution is 5.89. The number of carbonyl (C=O) groups is 1. The van der Waals surface area contributed by atoms with E-state index in [1.807, 2.05) is 30.3 Å². The molecule has 6 heteroatoms. The summed E-state index contributed by atoms with van der Waals surface area (Å²) in [6.45, 7) is 1.96. The molecule has 0 unspecified atom stereocenters. The Morgan fingerprint density at radius 2 is 1.88 bits per heavy atom. The Bertz CT molecular complexity index is 691. The third-order valence-corrected chi connectivity index (χ3v) is 3.58. The third kappa shape index (κ3) is 4.10. The van der Waals surface area contributed by atoms with Crippen LogP contribution in [0.25, 0.3) is 0 Å². The molecule has 0 radical (unpaired) electrons. The standard InChI is InChI=1S/C18H20N2O4/c1-20(9-10-22-15-5-3-2-4-6-15)18(21)19-14-7-8-16-17(13-14)24-12-11-23-16/h2-8,13H,9-12H2,1H3,(H,19,21). The van der Waals surface area contributed by atoms with Crippen molar-refractivity contribution in [2.45, 2.75) is 0 Å². The highest BCUT2D eigenvalue weighted by Gasteiger charge is 2.14. The summed E-state index contributed by atoms with van der Waals surface area (Å²) < 4.78 is 16.6. The zero-order valence-electron chi connectivity index (χ0n) is 13.5. The van der Waals surface area contributed by atoms with E-state index < -0.39 is 0 Å². The van der Waals surface area contributed by atoms with Crippen LogP contribution in [0.15, 0.2) is 48.5 Å². The lowest BCUT2D eigenvalue weighted by atomic mass is 10.2. The number of hydrogen-bond donors (Lipinski definition) is 1. The number of amides is 2. The summed E-state index contributed by atoms with van der Waals surface area (Å²) in [5.74, 6) is 2.14. The van der Waals surface area contributed by atoms with Gasteiger partial charge >= 0.3 is 6.03 Å². The minimum absolute atomic E-state index is 0.205. The number of rotatable bonds is 5. The van der Waals surface area contributed by atoms with Crippen molar-refractivity contribution < 1.29 is 19.0 Å². The van der Waals surface area contributed by atoms with Crippen molar-refractivity contribution >= 4 is 11.7 Å². The van der Waals surface area contributed by atoms with E-state index >= 15 is 0 Å². The molecule has 6 nitrogen and oxygen atoms in total. The van der Waals surface area contributed by atoms with Gasteiger partial charge < -0.3 is 24.4 Å². The monoisotopic (exact) mass is 328 g/mol. The van der Waals surface area contributed by atoms with Crippen molar-refractivity contribution in [3.63, 3.8) is 0 Å². The van der Waals surface area contributed by atoms with E-state index in [0.717, 1.165) is 5.75 Å². The Morgan fingerprint density at radius 3 is 2.67 bits per heavy atom. The number of urea groups is 1. The number of anilines is 1. The molecule has 1 aliphatic rings. The molecular formula is C18H20N2O4. The number of fused-ring (bicyclic) bond motifs is 1. The van der Waals surface area contributed by atoms with E-state index in [1.54, 1.807) is 30.1 Å². The van der Waals surface area contributed by atoms with Gasteiger partial charge in [-0.15, -0.1) is 0 Å². The van der Waals surface area contributed by atoms with Gasteiger partial charge in [0.25, 0.3) is 0 Å². The van der Waals surface area contributed by atoms with Crippen molar-refractivity contribution in [3.05, 3.63) is 48.5 Å². The van der Waals surface area contributed by atoms with Gasteiger partial charge in [-0.2, -0.15) is 0 Å².